The SMILES string of the molecule is Cc1cc(Cl)cc(SCC(=O)O)c1C(=O)O. The summed E-state index contributed by atoms with van der Waals surface area (Å²) >= 11 is 6.74. The summed E-state index contributed by atoms with van der Waals surface area (Å²) in [5.41, 5.74) is 0.628. The van der Waals surface area contributed by atoms with Crippen LogP contribution in [-0.4, -0.2) is 27.9 Å². The van der Waals surface area contributed by atoms with E-state index in [0.29, 0.717) is 15.5 Å². The maximum atomic E-state index is 11.0. The molecule has 16 heavy (non-hydrogen) atoms. The molecule has 0 aliphatic rings. The standard InChI is InChI=1S/C10H9ClO4S/c1-5-2-6(11)3-7(9(5)10(14)15)16-4-8(12)13/h2-3H,4H2,1H3,(H,12,13)(H,14,15). The first-order valence-electron chi connectivity index (χ1n) is 4.30. The first-order valence-corrected chi connectivity index (χ1v) is 5.66. The van der Waals surface area contributed by atoms with Gasteiger partial charge in [0, 0.05) is 9.92 Å². The van der Waals surface area contributed by atoms with Crippen molar-refractivity contribution in [3.63, 3.8) is 0 Å². The number of aliphatic carboxylic acids is 1. The molecule has 4 nitrogen and oxygen atoms in total. The maximum absolute atomic E-state index is 11.0. The van der Waals surface area contributed by atoms with E-state index >= 15 is 0 Å². The van der Waals surface area contributed by atoms with E-state index in [1.54, 1.807) is 6.92 Å². The van der Waals surface area contributed by atoms with Crippen LogP contribution in [0.5, 0.6) is 0 Å². The largest absolute Gasteiger partial charge is 0.481 e. The Hall–Kier alpha value is -1.20. The van der Waals surface area contributed by atoms with Gasteiger partial charge in [-0.1, -0.05) is 11.6 Å². The van der Waals surface area contributed by atoms with Gasteiger partial charge in [-0.2, -0.15) is 0 Å². The number of aryl methyl sites for hydroxylation is 1. The van der Waals surface area contributed by atoms with Gasteiger partial charge in [-0.3, -0.25) is 4.79 Å². The first kappa shape index (κ1) is 12.9. The molecule has 1 aromatic carbocycles. The Morgan fingerprint density at radius 2 is 2.00 bits per heavy atom. The molecule has 0 heterocycles. The summed E-state index contributed by atoms with van der Waals surface area (Å²) in [7, 11) is 0. The molecule has 0 saturated heterocycles. The van der Waals surface area contributed by atoms with Crippen molar-refractivity contribution < 1.29 is 19.8 Å². The lowest BCUT2D eigenvalue weighted by Gasteiger charge is -2.08. The van der Waals surface area contributed by atoms with Crippen LogP contribution < -0.4 is 0 Å². The Labute approximate surface area is 101 Å². The Morgan fingerprint density at radius 3 is 2.50 bits per heavy atom. The Kier molecular flexibility index (Phi) is 4.20. The zero-order valence-corrected chi connectivity index (χ0v) is 9.93. The molecular formula is C10H9ClO4S. The van der Waals surface area contributed by atoms with Gasteiger partial charge < -0.3 is 10.2 Å². The molecule has 0 aliphatic carbocycles. The molecule has 0 atom stereocenters. The van der Waals surface area contributed by atoms with E-state index in [1.807, 2.05) is 0 Å². The normalized spacial score (nSPS) is 10.1. The average molecular weight is 261 g/mol. The number of halogens is 1. The number of carbonyl (C=O) groups is 2. The van der Waals surface area contributed by atoms with Crippen molar-refractivity contribution in [3.8, 4) is 0 Å². The van der Waals surface area contributed by atoms with Crippen LogP contribution in [0.1, 0.15) is 15.9 Å². The van der Waals surface area contributed by atoms with Gasteiger partial charge in [0.05, 0.1) is 11.3 Å². The molecule has 6 heteroatoms. The van der Waals surface area contributed by atoms with E-state index in [2.05, 4.69) is 0 Å². The average Bonchev–Trinajstić information content (AvgIpc) is 2.12. The third-order valence-electron chi connectivity index (χ3n) is 1.83. The molecule has 2 N–H and O–H groups in total. The number of hydrogen-bond donors (Lipinski definition) is 2. The third-order valence-corrected chi connectivity index (χ3v) is 3.07. The fourth-order valence-corrected chi connectivity index (χ4v) is 2.46. The number of carboxylic acids is 2. The fraction of sp³-hybridized carbons (Fsp3) is 0.200. The minimum atomic E-state index is -1.08. The van der Waals surface area contributed by atoms with Crippen molar-refractivity contribution in [1.82, 2.24) is 0 Å². The maximum Gasteiger partial charge on any atom is 0.337 e. The van der Waals surface area contributed by atoms with Gasteiger partial charge >= 0.3 is 11.9 Å². The summed E-state index contributed by atoms with van der Waals surface area (Å²) < 4.78 is 0. The summed E-state index contributed by atoms with van der Waals surface area (Å²) in [6.07, 6.45) is 0. The van der Waals surface area contributed by atoms with Crippen LogP contribution >= 0.6 is 23.4 Å². The quantitative estimate of drug-likeness (QED) is 0.814. The molecule has 0 aromatic heterocycles. The summed E-state index contributed by atoms with van der Waals surface area (Å²) in [6, 6.07) is 3.00. The number of hydrogen-bond acceptors (Lipinski definition) is 3. The monoisotopic (exact) mass is 260 g/mol. The molecule has 1 rings (SSSR count). The predicted octanol–water partition coefficient (Wildman–Crippen LogP) is 2.52. The van der Waals surface area contributed by atoms with Gasteiger partial charge in [0.1, 0.15) is 0 Å². The van der Waals surface area contributed by atoms with Gasteiger partial charge in [0.2, 0.25) is 0 Å². The van der Waals surface area contributed by atoms with E-state index in [-0.39, 0.29) is 11.3 Å². The van der Waals surface area contributed by atoms with E-state index < -0.39 is 11.9 Å². The zero-order chi connectivity index (χ0) is 12.3. The van der Waals surface area contributed by atoms with Crippen LogP contribution in [0.25, 0.3) is 0 Å². The van der Waals surface area contributed by atoms with Crippen LogP contribution in [0, 0.1) is 6.92 Å². The summed E-state index contributed by atoms with van der Waals surface area (Å²) in [5.74, 6) is -2.28. The number of thioether (sulfide) groups is 1. The van der Waals surface area contributed by atoms with Crippen molar-refractivity contribution in [2.24, 2.45) is 0 Å². The first-order chi connectivity index (χ1) is 7.41. The second-order valence-electron chi connectivity index (χ2n) is 3.08. The van der Waals surface area contributed by atoms with E-state index in [9.17, 15) is 9.59 Å². The van der Waals surface area contributed by atoms with Gasteiger partial charge in [-0.15, -0.1) is 11.8 Å². The molecule has 0 amide bonds. The van der Waals surface area contributed by atoms with Gasteiger partial charge in [0.25, 0.3) is 0 Å². The second kappa shape index (κ2) is 5.23. The topological polar surface area (TPSA) is 74.6 Å². The number of rotatable bonds is 4. The fourth-order valence-electron chi connectivity index (χ4n) is 1.24. The van der Waals surface area contributed by atoms with E-state index in [4.69, 9.17) is 21.8 Å². The van der Waals surface area contributed by atoms with Crippen molar-refractivity contribution in [3.05, 3.63) is 28.3 Å². The van der Waals surface area contributed by atoms with Crippen LogP contribution in [0.3, 0.4) is 0 Å². The van der Waals surface area contributed by atoms with Crippen molar-refractivity contribution >= 4 is 35.3 Å². The molecule has 0 radical (unpaired) electrons. The van der Waals surface area contributed by atoms with Gasteiger partial charge in [-0.25, -0.2) is 4.79 Å². The van der Waals surface area contributed by atoms with Crippen LogP contribution in [0.15, 0.2) is 17.0 Å². The minimum Gasteiger partial charge on any atom is -0.481 e. The molecule has 0 aliphatic heterocycles. The Morgan fingerprint density at radius 1 is 1.38 bits per heavy atom. The highest BCUT2D eigenvalue weighted by molar-refractivity contribution is 8.00. The highest BCUT2D eigenvalue weighted by Gasteiger charge is 2.15. The smallest absolute Gasteiger partial charge is 0.337 e. The zero-order valence-electron chi connectivity index (χ0n) is 8.36. The van der Waals surface area contributed by atoms with E-state index in [0.717, 1.165) is 11.8 Å². The van der Waals surface area contributed by atoms with Crippen molar-refractivity contribution in [2.45, 2.75) is 11.8 Å². The number of benzene rings is 1. The predicted molar refractivity (Wildman–Crippen MR) is 61.5 cm³/mol. The van der Waals surface area contributed by atoms with Gasteiger partial charge in [-0.05, 0) is 24.6 Å². The lowest BCUT2D eigenvalue weighted by atomic mass is 10.1. The molecule has 0 unspecified atom stereocenters. The molecule has 0 saturated carbocycles. The Balaban J connectivity index is 3.13. The number of carboxylic acid groups (broad SMARTS) is 2. The highest BCUT2D eigenvalue weighted by atomic mass is 35.5. The van der Waals surface area contributed by atoms with Gasteiger partial charge in [0.15, 0.2) is 0 Å². The molecule has 0 bridgehead atoms. The molecule has 0 fully saturated rings. The lowest BCUT2D eigenvalue weighted by Crippen LogP contribution is -2.04. The van der Waals surface area contributed by atoms with Crippen molar-refractivity contribution in [1.29, 1.82) is 0 Å². The van der Waals surface area contributed by atoms with Crippen LogP contribution in [-0.2, 0) is 4.79 Å². The minimum absolute atomic E-state index is 0.107. The number of aromatic carboxylic acids is 1. The summed E-state index contributed by atoms with van der Waals surface area (Å²) in [6.45, 7) is 1.63. The van der Waals surface area contributed by atoms with Crippen molar-refractivity contribution in [2.75, 3.05) is 5.75 Å². The summed E-state index contributed by atoms with van der Waals surface area (Å²) in [5, 5.41) is 17.9. The lowest BCUT2D eigenvalue weighted by molar-refractivity contribution is -0.133. The van der Waals surface area contributed by atoms with Crippen LogP contribution in [0.2, 0.25) is 5.02 Å². The van der Waals surface area contributed by atoms with Crippen LogP contribution in [0.4, 0.5) is 0 Å². The molecule has 0 spiro atoms. The second-order valence-corrected chi connectivity index (χ2v) is 4.54. The molecular weight excluding hydrogens is 252 g/mol. The summed E-state index contributed by atoms with van der Waals surface area (Å²) in [4.78, 5) is 21.8. The highest BCUT2D eigenvalue weighted by Crippen LogP contribution is 2.29. The third kappa shape index (κ3) is 3.15. The Bertz CT molecular complexity index is 445. The molecule has 86 valence electrons. The van der Waals surface area contributed by atoms with E-state index in [1.165, 1.54) is 12.1 Å². The molecule has 1 aromatic rings.